The third-order valence-electron chi connectivity index (χ3n) is 4.40. The molecule has 0 saturated carbocycles. The molecule has 0 aliphatic heterocycles. The largest absolute Gasteiger partial charge is 0.437 e. The van der Waals surface area contributed by atoms with E-state index in [1.54, 1.807) is 42.5 Å². The number of nitrogens with zero attached hydrogens (tertiary/aromatic N) is 3. The van der Waals surface area contributed by atoms with E-state index in [1.807, 2.05) is 0 Å². The fourth-order valence-corrected chi connectivity index (χ4v) is 2.84. The Kier molecular flexibility index (Phi) is 5.80. The predicted molar refractivity (Wildman–Crippen MR) is 111 cm³/mol. The number of benzene rings is 2. The highest BCUT2D eigenvalue weighted by molar-refractivity contribution is 6.03. The van der Waals surface area contributed by atoms with E-state index in [0.29, 0.717) is 22.7 Å². The van der Waals surface area contributed by atoms with E-state index in [1.165, 1.54) is 30.7 Å². The Balaban J connectivity index is 1.55. The second kappa shape index (κ2) is 8.84. The standard InChI is InChI=1S/C23H15F3N4O2/c24-23(25,26)16-10-8-15(9-11-16)19-13-21(29-14-28-19)32-20-7-2-1-5-17(20)30-22(31)18-6-3-4-12-27-18/h1-14H,(H,30,31). The molecule has 6 nitrogen and oxygen atoms in total. The number of alkyl halides is 3. The van der Waals surface area contributed by atoms with Crippen molar-refractivity contribution in [2.24, 2.45) is 0 Å². The molecule has 0 radical (unpaired) electrons. The van der Waals surface area contributed by atoms with Crippen LogP contribution in [-0.4, -0.2) is 20.9 Å². The maximum atomic E-state index is 12.8. The quantitative estimate of drug-likeness (QED) is 0.441. The molecule has 1 N–H and O–H groups in total. The molecule has 0 aliphatic rings. The normalized spacial score (nSPS) is 11.1. The number of anilines is 1. The Hall–Kier alpha value is -4.27. The van der Waals surface area contributed by atoms with Crippen LogP contribution in [0.4, 0.5) is 18.9 Å². The first-order valence-electron chi connectivity index (χ1n) is 9.39. The summed E-state index contributed by atoms with van der Waals surface area (Å²) in [6.07, 6.45) is -1.65. The number of carbonyl (C=O) groups excluding carboxylic acids is 1. The van der Waals surface area contributed by atoms with Crippen LogP contribution in [0.3, 0.4) is 0 Å². The van der Waals surface area contributed by atoms with Gasteiger partial charge in [0.05, 0.1) is 16.9 Å². The van der Waals surface area contributed by atoms with Gasteiger partial charge in [0.15, 0.2) is 5.75 Å². The van der Waals surface area contributed by atoms with Crippen molar-refractivity contribution in [3.8, 4) is 22.9 Å². The van der Waals surface area contributed by atoms with Crippen LogP contribution in [0.5, 0.6) is 11.6 Å². The van der Waals surface area contributed by atoms with Crippen molar-refractivity contribution >= 4 is 11.6 Å². The van der Waals surface area contributed by atoms with Gasteiger partial charge >= 0.3 is 6.18 Å². The number of hydrogen-bond acceptors (Lipinski definition) is 5. The van der Waals surface area contributed by atoms with Crippen molar-refractivity contribution in [3.63, 3.8) is 0 Å². The number of aromatic nitrogens is 3. The molecule has 0 saturated heterocycles. The molecule has 0 fully saturated rings. The SMILES string of the molecule is O=C(Nc1ccccc1Oc1cc(-c2ccc(C(F)(F)F)cc2)ncn1)c1ccccn1. The van der Waals surface area contributed by atoms with Crippen molar-refractivity contribution in [1.29, 1.82) is 0 Å². The highest BCUT2D eigenvalue weighted by Crippen LogP contribution is 2.32. The smallest absolute Gasteiger partial charge is 0.416 e. The van der Waals surface area contributed by atoms with Crippen LogP contribution in [0.2, 0.25) is 0 Å². The van der Waals surface area contributed by atoms with Gasteiger partial charge in [-0.1, -0.05) is 30.3 Å². The lowest BCUT2D eigenvalue weighted by Crippen LogP contribution is -2.13. The van der Waals surface area contributed by atoms with Gasteiger partial charge in [-0.05, 0) is 36.4 Å². The molecule has 1 amide bonds. The van der Waals surface area contributed by atoms with Crippen molar-refractivity contribution in [1.82, 2.24) is 15.0 Å². The first-order valence-corrected chi connectivity index (χ1v) is 9.39. The fourth-order valence-electron chi connectivity index (χ4n) is 2.84. The minimum Gasteiger partial charge on any atom is -0.437 e. The van der Waals surface area contributed by atoms with E-state index in [0.717, 1.165) is 12.1 Å². The van der Waals surface area contributed by atoms with Crippen molar-refractivity contribution in [2.75, 3.05) is 5.32 Å². The van der Waals surface area contributed by atoms with Crippen LogP contribution in [-0.2, 0) is 6.18 Å². The molecule has 160 valence electrons. The van der Waals surface area contributed by atoms with Gasteiger partial charge in [-0.25, -0.2) is 9.97 Å². The molecular weight excluding hydrogens is 421 g/mol. The topological polar surface area (TPSA) is 77.0 Å². The molecule has 2 aromatic carbocycles. The zero-order chi connectivity index (χ0) is 22.6. The van der Waals surface area contributed by atoms with E-state index in [9.17, 15) is 18.0 Å². The van der Waals surface area contributed by atoms with Gasteiger partial charge in [-0.15, -0.1) is 0 Å². The van der Waals surface area contributed by atoms with Crippen LogP contribution in [0.15, 0.2) is 85.3 Å². The maximum Gasteiger partial charge on any atom is 0.416 e. The lowest BCUT2D eigenvalue weighted by Gasteiger charge is -2.12. The van der Waals surface area contributed by atoms with E-state index in [4.69, 9.17) is 4.74 Å². The number of amides is 1. The summed E-state index contributed by atoms with van der Waals surface area (Å²) in [5.74, 6) is 0.0815. The molecule has 0 spiro atoms. The van der Waals surface area contributed by atoms with Gasteiger partial charge in [0.2, 0.25) is 5.88 Å². The number of carbonyl (C=O) groups is 1. The van der Waals surface area contributed by atoms with Gasteiger partial charge in [0.1, 0.15) is 12.0 Å². The lowest BCUT2D eigenvalue weighted by atomic mass is 10.1. The molecule has 0 unspecified atom stereocenters. The van der Waals surface area contributed by atoms with Crippen LogP contribution >= 0.6 is 0 Å². The third kappa shape index (κ3) is 4.89. The van der Waals surface area contributed by atoms with Crippen molar-refractivity contribution < 1.29 is 22.7 Å². The lowest BCUT2D eigenvalue weighted by molar-refractivity contribution is -0.137. The highest BCUT2D eigenvalue weighted by Gasteiger charge is 2.30. The Bertz CT molecular complexity index is 1230. The van der Waals surface area contributed by atoms with Gasteiger partial charge < -0.3 is 10.1 Å². The molecule has 9 heteroatoms. The molecule has 2 aromatic heterocycles. The Morgan fingerprint density at radius 2 is 1.62 bits per heavy atom. The second-order valence-corrected chi connectivity index (χ2v) is 6.58. The second-order valence-electron chi connectivity index (χ2n) is 6.58. The number of pyridine rings is 1. The van der Waals surface area contributed by atoms with E-state index in [2.05, 4.69) is 20.3 Å². The molecule has 0 bridgehead atoms. The summed E-state index contributed by atoms with van der Waals surface area (Å²) in [6, 6.07) is 17.9. The summed E-state index contributed by atoms with van der Waals surface area (Å²) in [5, 5.41) is 2.74. The first-order chi connectivity index (χ1) is 15.4. The maximum absolute atomic E-state index is 12.8. The van der Waals surface area contributed by atoms with Crippen LogP contribution in [0.25, 0.3) is 11.3 Å². The van der Waals surface area contributed by atoms with Gasteiger partial charge in [0, 0.05) is 17.8 Å². The monoisotopic (exact) mass is 436 g/mol. The number of nitrogens with one attached hydrogen (secondary N) is 1. The highest BCUT2D eigenvalue weighted by atomic mass is 19.4. The Labute approximate surface area is 180 Å². The predicted octanol–water partition coefficient (Wildman–Crippen LogP) is 5.60. The average Bonchev–Trinajstić information content (AvgIpc) is 2.81. The molecular formula is C23H15F3N4O2. The van der Waals surface area contributed by atoms with Gasteiger partial charge in [-0.2, -0.15) is 13.2 Å². The molecule has 0 atom stereocenters. The molecule has 0 aliphatic carbocycles. The van der Waals surface area contributed by atoms with Crippen molar-refractivity contribution in [3.05, 3.63) is 96.6 Å². The van der Waals surface area contributed by atoms with Crippen LogP contribution < -0.4 is 10.1 Å². The van der Waals surface area contributed by atoms with Crippen molar-refractivity contribution in [2.45, 2.75) is 6.18 Å². The number of halogens is 3. The zero-order valence-corrected chi connectivity index (χ0v) is 16.4. The minimum atomic E-state index is -4.41. The van der Waals surface area contributed by atoms with E-state index >= 15 is 0 Å². The summed E-state index contributed by atoms with van der Waals surface area (Å²) >= 11 is 0. The first kappa shape index (κ1) is 21.0. The number of hydrogen-bond donors (Lipinski definition) is 1. The van der Waals surface area contributed by atoms with Gasteiger partial charge in [-0.3, -0.25) is 9.78 Å². The summed E-state index contributed by atoms with van der Waals surface area (Å²) in [4.78, 5) is 24.6. The number of rotatable bonds is 5. The van der Waals surface area contributed by atoms with Crippen LogP contribution in [0, 0.1) is 0 Å². The summed E-state index contributed by atoms with van der Waals surface area (Å²) in [7, 11) is 0. The third-order valence-corrected chi connectivity index (χ3v) is 4.40. The molecule has 4 aromatic rings. The molecule has 32 heavy (non-hydrogen) atoms. The number of ether oxygens (including phenoxy) is 1. The summed E-state index contributed by atoms with van der Waals surface area (Å²) < 4.78 is 44.2. The number of para-hydroxylation sites is 2. The van der Waals surface area contributed by atoms with E-state index < -0.39 is 17.6 Å². The average molecular weight is 436 g/mol. The minimum absolute atomic E-state index is 0.162. The summed E-state index contributed by atoms with van der Waals surface area (Å²) in [6.45, 7) is 0. The Morgan fingerprint density at radius 1 is 0.875 bits per heavy atom. The van der Waals surface area contributed by atoms with Crippen LogP contribution in [0.1, 0.15) is 16.1 Å². The Morgan fingerprint density at radius 3 is 2.34 bits per heavy atom. The van der Waals surface area contributed by atoms with Gasteiger partial charge in [0.25, 0.3) is 5.91 Å². The zero-order valence-electron chi connectivity index (χ0n) is 16.4. The molecule has 4 rings (SSSR count). The molecule has 2 heterocycles. The fraction of sp³-hybridized carbons (Fsp3) is 0.0435. The summed E-state index contributed by atoms with van der Waals surface area (Å²) in [5.41, 5.74) is 0.761. The van der Waals surface area contributed by atoms with E-state index in [-0.39, 0.29) is 11.6 Å².